The van der Waals surface area contributed by atoms with Crippen molar-refractivity contribution in [2.75, 3.05) is 27.4 Å². The molecule has 112 valence electrons. The van der Waals surface area contributed by atoms with Crippen molar-refractivity contribution in [2.45, 2.75) is 19.6 Å². The van der Waals surface area contributed by atoms with E-state index in [-0.39, 0.29) is 0 Å². The van der Waals surface area contributed by atoms with Crippen LogP contribution in [0.5, 0.6) is 5.75 Å². The van der Waals surface area contributed by atoms with Crippen LogP contribution in [-0.4, -0.2) is 39.4 Å². The Bertz CT molecular complexity index is 439. The van der Waals surface area contributed by atoms with Gasteiger partial charge in [0.25, 0.3) is 0 Å². The third-order valence-corrected chi connectivity index (χ3v) is 2.89. The summed E-state index contributed by atoms with van der Waals surface area (Å²) in [6.45, 7) is 3.56. The van der Waals surface area contributed by atoms with E-state index in [0.29, 0.717) is 23.9 Å². The van der Waals surface area contributed by atoms with Crippen molar-refractivity contribution in [2.24, 2.45) is 0 Å². The molecule has 20 heavy (non-hydrogen) atoms. The number of benzene rings is 1. The van der Waals surface area contributed by atoms with Crippen LogP contribution in [0.1, 0.15) is 12.5 Å². The Kier molecular flexibility index (Phi) is 7.36. The molecule has 0 aromatic heterocycles. The van der Waals surface area contributed by atoms with Gasteiger partial charge in [-0.3, -0.25) is 0 Å². The van der Waals surface area contributed by atoms with E-state index in [1.165, 1.54) is 7.11 Å². The number of esters is 1. The molecule has 1 atom stereocenters. The Labute approximate surface area is 124 Å². The first-order valence-electron chi connectivity index (χ1n) is 6.31. The fraction of sp³-hybridized carbons (Fsp3) is 0.500. The highest BCUT2D eigenvalue weighted by Crippen LogP contribution is 2.24. The zero-order valence-electron chi connectivity index (χ0n) is 11.9. The number of hydrogen-bond acceptors (Lipinski definition) is 5. The largest absolute Gasteiger partial charge is 0.479 e. The molecule has 0 amide bonds. The average Bonchev–Trinajstić information content (AvgIpc) is 2.45. The zero-order chi connectivity index (χ0) is 15.0. The van der Waals surface area contributed by atoms with Gasteiger partial charge < -0.3 is 19.5 Å². The molecule has 0 fully saturated rings. The maximum absolute atomic E-state index is 11.4. The van der Waals surface area contributed by atoms with Gasteiger partial charge in [-0.1, -0.05) is 11.6 Å². The SMILES string of the molecule is COCCNCc1cc(Cl)ccc1OC(C)C(=O)OC. The summed E-state index contributed by atoms with van der Waals surface area (Å²) in [5, 5.41) is 3.82. The molecule has 0 spiro atoms. The molecule has 0 saturated heterocycles. The minimum atomic E-state index is -0.668. The molecule has 6 heteroatoms. The van der Waals surface area contributed by atoms with Gasteiger partial charge >= 0.3 is 5.97 Å². The van der Waals surface area contributed by atoms with Crippen molar-refractivity contribution in [1.82, 2.24) is 5.32 Å². The monoisotopic (exact) mass is 301 g/mol. The van der Waals surface area contributed by atoms with Gasteiger partial charge in [0.05, 0.1) is 13.7 Å². The van der Waals surface area contributed by atoms with E-state index < -0.39 is 12.1 Å². The van der Waals surface area contributed by atoms with Crippen LogP contribution in [0, 0.1) is 0 Å². The van der Waals surface area contributed by atoms with E-state index in [2.05, 4.69) is 10.1 Å². The molecule has 1 N–H and O–H groups in total. The van der Waals surface area contributed by atoms with Gasteiger partial charge in [-0.25, -0.2) is 4.79 Å². The summed E-state index contributed by atoms with van der Waals surface area (Å²) in [5.41, 5.74) is 0.879. The van der Waals surface area contributed by atoms with Crippen molar-refractivity contribution in [3.8, 4) is 5.75 Å². The molecule has 0 radical (unpaired) electrons. The van der Waals surface area contributed by atoms with E-state index in [0.717, 1.165) is 12.1 Å². The van der Waals surface area contributed by atoms with Gasteiger partial charge in [-0.05, 0) is 25.1 Å². The number of halogens is 1. The second kappa shape index (κ2) is 8.79. The summed E-state index contributed by atoms with van der Waals surface area (Å²) in [5.74, 6) is 0.190. The first-order chi connectivity index (χ1) is 9.58. The molecule has 1 rings (SSSR count). The fourth-order valence-corrected chi connectivity index (χ4v) is 1.80. The van der Waals surface area contributed by atoms with Crippen LogP contribution in [0.4, 0.5) is 0 Å². The number of carbonyl (C=O) groups excluding carboxylic acids is 1. The molecule has 1 aromatic rings. The van der Waals surface area contributed by atoms with Gasteiger partial charge in [0.15, 0.2) is 6.10 Å². The number of carbonyl (C=O) groups is 1. The zero-order valence-corrected chi connectivity index (χ0v) is 12.7. The summed E-state index contributed by atoms with van der Waals surface area (Å²) < 4.78 is 15.2. The minimum Gasteiger partial charge on any atom is -0.479 e. The topological polar surface area (TPSA) is 56.8 Å². The van der Waals surface area contributed by atoms with Crippen LogP contribution < -0.4 is 10.1 Å². The van der Waals surface area contributed by atoms with Crippen LogP contribution in [0.3, 0.4) is 0 Å². The van der Waals surface area contributed by atoms with Crippen molar-refractivity contribution < 1.29 is 19.0 Å². The lowest BCUT2D eigenvalue weighted by molar-refractivity contribution is -0.147. The first-order valence-corrected chi connectivity index (χ1v) is 6.68. The smallest absolute Gasteiger partial charge is 0.346 e. The molecular formula is C14H20ClNO4. The Hall–Kier alpha value is -1.30. The van der Waals surface area contributed by atoms with Gasteiger partial charge in [-0.15, -0.1) is 0 Å². The molecule has 0 aliphatic carbocycles. The van der Waals surface area contributed by atoms with Crippen molar-refractivity contribution in [3.63, 3.8) is 0 Å². The van der Waals surface area contributed by atoms with Crippen molar-refractivity contribution in [1.29, 1.82) is 0 Å². The first kappa shape index (κ1) is 16.8. The van der Waals surface area contributed by atoms with Gasteiger partial charge in [0, 0.05) is 30.8 Å². The number of hydrogen-bond donors (Lipinski definition) is 1. The minimum absolute atomic E-state index is 0.418. The van der Waals surface area contributed by atoms with Crippen molar-refractivity contribution in [3.05, 3.63) is 28.8 Å². The second-order valence-electron chi connectivity index (χ2n) is 4.20. The molecule has 1 aromatic carbocycles. The van der Waals surface area contributed by atoms with Gasteiger partial charge in [-0.2, -0.15) is 0 Å². The average molecular weight is 302 g/mol. The molecule has 0 bridgehead atoms. The van der Waals surface area contributed by atoms with E-state index in [4.69, 9.17) is 21.1 Å². The van der Waals surface area contributed by atoms with E-state index in [1.807, 2.05) is 0 Å². The standard InChI is InChI=1S/C14H20ClNO4/c1-10(14(17)19-3)20-13-5-4-12(15)8-11(13)9-16-6-7-18-2/h4-5,8,10,16H,6-7,9H2,1-3H3. The molecule has 0 heterocycles. The highest BCUT2D eigenvalue weighted by Gasteiger charge is 2.16. The summed E-state index contributed by atoms with van der Waals surface area (Å²) in [6, 6.07) is 5.27. The number of nitrogens with one attached hydrogen (secondary N) is 1. The van der Waals surface area contributed by atoms with E-state index in [1.54, 1.807) is 32.2 Å². The van der Waals surface area contributed by atoms with Crippen LogP contribution in [0.15, 0.2) is 18.2 Å². The fourth-order valence-electron chi connectivity index (χ4n) is 1.60. The van der Waals surface area contributed by atoms with Crippen LogP contribution in [0.25, 0.3) is 0 Å². The Morgan fingerprint density at radius 3 is 2.80 bits per heavy atom. The van der Waals surface area contributed by atoms with Crippen LogP contribution >= 0.6 is 11.6 Å². The highest BCUT2D eigenvalue weighted by molar-refractivity contribution is 6.30. The lowest BCUT2D eigenvalue weighted by Gasteiger charge is -2.16. The lowest BCUT2D eigenvalue weighted by Crippen LogP contribution is -2.26. The predicted octanol–water partition coefficient (Wildman–Crippen LogP) is 2.02. The maximum Gasteiger partial charge on any atom is 0.346 e. The lowest BCUT2D eigenvalue weighted by atomic mass is 10.2. The highest BCUT2D eigenvalue weighted by atomic mass is 35.5. The summed E-state index contributed by atoms with van der Waals surface area (Å²) in [6.07, 6.45) is -0.668. The molecule has 0 aliphatic rings. The Morgan fingerprint density at radius 1 is 1.40 bits per heavy atom. The number of methoxy groups -OCH3 is 2. The molecular weight excluding hydrogens is 282 g/mol. The van der Waals surface area contributed by atoms with E-state index in [9.17, 15) is 4.79 Å². The molecule has 0 aliphatic heterocycles. The number of ether oxygens (including phenoxy) is 3. The second-order valence-corrected chi connectivity index (χ2v) is 4.64. The third kappa shape index (κ3) is 5.36. The summed E-state index contributed by atoms with van der Waals surface area (Å²) >= 11 is 5.98. The Balaban J connectivity index is 2.71. The molecule has 1 unspecified atom stereocenters. The van der Waals surface area contributed by atoms with Gasteiger partial charge in [0.1, 0.15) is 5.75 Å². The molecule has 5 nitrogen and oxygen atoms in total. The third-order valence-electron chi connectivity index (χ3n) is 2.66. The number of rotatable bonds is 8. The van der Waals surface area contributed by atoms with Crippen LogP contribution in [-0.2, 0) is 20.8 Å². The summed E-state index contributed by atoms with van der Waals surface area (Å²) in [4.78, 5) is 11.4. The van der Waals surface area contributed by atoms with Gasteiger partial charge in [0.2, 0.25) is 0 Å². The quantitative estimate of drug-likeness (QED) is 0.588. The summed E-state index contributed by atoms with van der Waals surface area (Å²) in [7, 11) is 2.98. The normalized spacial score (nSPS) is 12.0. The maximum atomic E-state index is 11.4. The Morgan fingerprint density at radius 2 is 2.15 bits per heavy atom. The van der Waals surface area contributed by atoms with Crippen molar-refractivity contribution >= 4 is 17.6 Å². The molecule has 0 saturated carbocycles. The van der Waals surface area contributed by atoms with E-state index >= 15 is 0 Å². The predicted molar refractivity (Wildman–Crippen MR) is 77.1 cm³/mol. The van der Waals surface area contributed by atoms with Crippen LogP contribution in [0.2, 0.25) is 5.02 Å².